The van der Waals surface area contributed by atoms with Gasteiger partial charge in [-0.2, -0.15) is 0 Å². The summed E-state index contributed by atoms with van der Waals surface area (Å²) >= 11 is 0. The molecule has 1 saturated heterocycles. The fraction of sp³-hybridized carbons (Fsp3) is 0.227. The van der Waals surface area contributed by atoms with E-state index >= 15 is 0 Å². The van der Waals surface area contributed by atoms with Crippen LogP contribution >= 0.6 is 0 Å². The molecule has 0 aliphatic carbocycles. The second-order valence-electron chi connectivity index (χ2n) is 6.88. The summed E-state index contributed by atoms with van der Waals surface area (Å²) in [6.07, 6.45) is 3.48. The number of aromatic nitrogens is 3. The van der Waals surface area contributed by atoms with Gasteiger partial charge in [0.2, 0.25) is 0 Å². The van der Waals surface area contributed by atoms with Gasteiger partial charge in [0.15, 0.2) is 0 Å². The number of ether oxygens (including phenoxy) is 2. The molecule has 1 aromatic carbocycles. The molecule has 0 bridgehead atoms. The van der Waals surface area contributed by atoms with E-state index in [1.165, 1.54) is 0 Å². The maximum absolute atomic E-state index is 13.6. The Morgan fingerprint density at radius 2 is 1.86 bits per heavy atom. The Morgan fingerprint density at radius 1 is 1.07 bits per heavy atom. The zero-order valence-corrected chi connectivity index (χ0v) is 16.0. The van der Waals surface area contributed by atoms with E-state index in [2.05, 4.69) is 9.97 Å². The van der Waals surface area contributed by atoms with Crippen LogP contribution in [-0.4, -0.2) is 58.6 Å². The van der Waals surface area contributed by atoms with E-state index in [9.17, 15) is 4.79 Å². The predicted octanol–water partition coefficient (Wildman–Crippen LogP) is 3.03. The Balaban J connectivity index is 1.78. The number of pyridine rings is 1. The molecular formula is C22H20N4O3. The van der Waals surface area contributed by atoms with Crippen LogP contribution < -0.4 is 4.74 Å². The number of methoxy groups -OCH3 is 1. The van der Waals surface area contributed by atoms with Gasteiger partial charge in [0, 0.05) is 24.8 Å². The molecule has 4 aromatic rings. The van der Waals surface area contributed by atoms with E-state index in [1.54, 1.807) is 13.4 Å². The van der Waals surface area contributed by atoms with Gasteiger partial charge in [0.1, 0.15) is 17.7 Å². The van der Waals surface area contributed by atoms with Crippen molar-refractivity contribution in [3.05, 3.63) is 60.6 Å². The quantitative estimate of drug-likeness (QED) is 0.540. The Labute approximate surface area is 167 Å². The van der Waals surface area contributed by atoms with Crippen molar-refractivity contribution in [2.45, 2.75) is 0 Å². The monoisotopic (exact) mass is 388 g/mol. The van der Waals surface area contributed by atoms with Gasteiger partial charge in [-0.25, -0.2) is 9.97 Å². The summed E-state index contributed by atoms with van der Waals surface area (Å²) in [7, 11) is 1.64. The fourth-order valence-electron chi connectivity index (χ4n) is 3.86. The lowest BCUT2D eigenvalue weighted by molar-refractivity contribution is 0.0305. The Bertz CT molecular complexity index is 1190. The third-order valence-electron chi connectivity index (χ3n) is 5.30. The van der Waals surface area contributed by atoms with Crippen LogP contribution in [0.5, 0.6) is 5.75 Å². The van der Waals surface area contributed by atoms with Gasteiger partial charge in [-0.3, -0.25) is 4.79 Å². The number of hydrogen-bond acceptors (Lipinski definition) is 5. The van der Waals surface area contributed by atoms with Crippen molar-refractivity contribution in [1.82, 2.24) is 19.3 Å². The number of morpholine rings is 1. The summed E-state index contributed by atoms with van der Waals surface area (Å²) in [5.74, 6) is 0.752. The highest BCUT2D eigenvalue weighted by atomic mass is 16.5. The lowest BCUT2D eigenvalue weighted by Crippen LogP contribution is -2.40. The van der Waals surface area contributed by atoms with Crippen LogP contribution in [-0.2, 0) is 4.74 Å². The molecule has 4 heterocycles. The van der Waals surface area contributed by atoms with Gasteiger partial charge in [-0.15, -0.1) is 0 Å². The van der Waals surface area contributed by atoms with Crippen LogP contribution in [0, 0.1) is 0 Å². The van der Waals surface area contributed by atoms with Crippen molar-refractivity contribution in [1.29, 1.82) is 0 Å². The third kappa shape index (κ3) is 2.91. The first-order valence-electron chi connectivity index (χ1n) is 9.53. The lowest BCUT2D eigenvalue weighted by Gasteiger charge is -2.26. The van der Waals surface area contributed by atoms with Crippen molar-refractivity contribution in [2.24, 2.45) is 0 Å². The molecule has 1 fully saturated rings. The molecule has 5 rings (SSSR count). The molecule has 0 saturated carbocycles. The Hall–Kier alpha value is -3.45. The van der Waals surface area contributed by atoms with Crippen molar-refractivity contribution >= 4 is 22.5 Å². The molecule has 1 aliphatic heterocycles. The first-order valence-corrected chi connectivity index (χ1v) is 9.53. The number of fused-ring (bicyclic) bond motifs is 3. The number of benzene rings is 1. The van der Waals surface area contributed by atoms with E-state index in [0.29, 0.717) is 31.9 Å². The minimum atomic E-state index is -0.0171. The van der Waals surface area contributed by atoms with Crippen molar-refractivity contribution in [2.75, 3.05) is 33.4 Å². The first-order chi connectivity index (χ1) is 14.3. The van der Waals surface area contributed by atoms with E-state index in [-0.39, 0.29) is 5.91 Å². The predicted molar refractivity (Wildman–Crippen MR) is 109 cm³/mol. The van der Waals surface area contributed by atoms with Crippen molar-refractivity contribution in [3.63, 3.8) is 0 Å². The molecule has 0 spiro atoms. The molecule has 0 N–H and O–H groups in total. The molecule has 146 valence electrons. The maximum atomic E-state index is 13.6. The van der Waals surface area contributed by atoms with Gasteiger partial charge in [0.05, 0.1) is 42.5 Å². The first kappa shape index (κ1) is 17.6. The highest BCUT2D eigenvalue weighted by Crippen LogP contribution is 2.34. The average molecular weight is 388 g/mol. The van der Waals surface area contributed by atoms with Crippen molar-refractivity contribution in [3.8, 4) is 17.0 Å². The molecule has 7 heteroatoms. The summed E-state index contributed by atoms with van der Waals surface area (Å²) in [6.45, 7) is 2.26. The third-order valence-corrected chi connectivity index (χ3v) is 5.30. The highest BCUT2D eigenvalue weighted by molar-refractivity contribution is 6.16. The normalized spacial score (nSPS) is 14.4. The average Bonchev–Trinajstić information content (AvgIpc) is 3.14. The van der Waals surface area contributed by atoms with Gasteiger partial charge in [-0.1, -0.05) is 6.07 Å². The second-order valence-corrected chi connectivity index (χ2v) is 6.88. The molecule has 0 radical (unpaired) electrons. The van der Waals surface area contributed by atoms with E-state index < -0.39 is 0 Å². The van der Waals surface area contributed by atoms with E-state index in [0.717, 1.165) is 33.6 Å². The summed E-state index contributed by atoms with van der Waals surface area (Å²) < 4.78 is 12.6. The molecule has 1 aliphatic rings. The van der Waals surface area contributed by atoms with Gasteiger partial charge in [-0.05, 0) is 36.4 Å². The highest BCUT2D eigenvalue weighted by Gasteiger charge is 2.27. The summed E-state index contributed by atoms with van der Waals surface area (Å²) in [5, 5.41) is 0.764. The zero-order valence-electron chi connectivity index (χ0n) is 16.0. The van der Waals surface area contributed by atoms with Crippen LogP contribution in [0.3, 0.4) is 0 Å². The SMILES string of the molecule is COc1ccc(-c2ncnc3c2c(C(=O)N2CCOCC2)c2ccccn23)cc1. The fourth-order valence-corrected chi connectivity index (χ4v) is 3.86. The minimum absolute atomic E-state index is 0.0171. The zero-order chi connectivity index (χ0) is 19.8. The van der Waals surface area contributed by atoms with Crippen LogP contribution in [0.1, 0.15) is 10.4 Å². The van der Waals surface area contributed by atoms with Crippen LogP contribution in [0.15, 0.2) is 55.0 Å². The number of carbonyl (C=O) groups excluding carboxylic acids is 1. The molecule has 0 atom stereocenters. The summed E-state index contributed by atoms with van der Waals surface area (Å²) in [5.41, 5.74) is 3.82. The molecule has 29 heavy (non-hydrogen) atoms. The number of amides is 1. The van der Waals surface area contributed by atoms with E-state index in [1.807, 2.05) is 58.0 Å². The summed E-state index contributed by atoms with van der Waals surface area (Å²) in [4.78, 5) is 24.5. The topological polar surface area (TPSA) is 69.0 Å². The number of carbonyl (C=O) groups is 1. The number of hydrogen-bond donors (Lipinski definition) is 0. The number of nitrogens with zero attached hydrogens (tertiary/aromatic N) is 4. The lowest BCUT2D eigenvalue weighted by atomic mass is 10.0. The maximum Gasteiger partial charge on any atom is 0.256 e. The van der Waals surface area contributed by atoms with E-state index in [4.69, 9.17) is 9.47 Å². The molecule has 7 nitrogen and oxygen atoms in total. The van der Waals surface area contributed by atoms with Gasteiger partial charge < -0.3 is 18.8 Å². The largest absolute Gasteiger partial charge is 0.497 e. The number of rotatable bonds is 3. The molecule has 3 aromatic heterocycles. The summed E-state index contributed by atoms with van der Waals surface area (Å²) in [6, 6.07) is 13.5. The minimum Gasteiger partial charge on any atom is -0.497 e. The molecule has 0 unspecified atom stereocenters. The van der Waals surface area contributed by atoms with Crippen LogP contribution in [0.25, 0.3) is 27.8 Å². The second kappa shape index (κ2) is 7.18. The van der Waals surface area contributed by atoms with Crippen LogP contribution in [0.2, 0.25) is 0 Å². The standard InChI is InChI=1S/C22H20N4O3/c1-28-16-7-5-15(6-8-16)20-19-18(22(27)25-10-12-29-13-11-25)17-4-2-3-9-26(17)21(19)24-14-23-20/h2-9,14H,10-13H2,1H3. The van der Waals surface area contributed by atoms with Crippen molar-refractivity contribution < 1.29 is 14.3 Å². The Kier molecular flexibility index (Phi) is 4.37. The van der Waals surface area contributed by atoms with Gasteiger partial charge in [0.25, 0.3) is 5.91 Å². The Morgan fingerprint density at radius 3 is 2.62 bits per heavy atom. The molecule has 1 amide bonds. The smallest absolute Gasteiger partial charge is 0.256 e. The van der Waals surface area contributed by atoms with Gasteiger partial charge >= 0.3 is 0 Å². The van der Waals surface area contributed by atoms with Crippen LogP contribution in [0.4, 0.5) is 0 Å². The molecular weight excluding hydrogens is 368 g/mol.